The van der Waals surface area contributed by atoms with Crippen molar-refractivity contribution in [2.75, 3.05) is 4.90 Å². The molecular formula is C36H28N2O2. The molecule has 0 saturated carbocycles. The second-order valence-electron chi connectivity index (χ2n) is 10.5. The summed E-state index contributed by atoms with van der Waals surface area (Å²) in [7, 11) is 0. The van der Waals surface area contributed by atoms with Crippen LogP contribution in [0.2, 0.25) is 0 Å². The van der Waals surface area contributed by atoms with Crippen LogP contribution in [0.5, 0.6) is 0 Å². The first kappa shape index (κ1) is 24.1. The van der Waals surface area contributed by atoms with Crippen LogP contribution in [0.25, 0.3) is 0 Å². The molecular weight excluding hydrogens is 492 g/mol. The Morgan fingerprint density at radius 3 is 1.62 bits per heavy atom. The number of hydrogen-bond donors (Lipinski definition) is 0. The molecule has 3 aliphatic heterocycles. The van der Waals surface area contributed by atoms with Gasteiger partial charge < -0.3 is 4.90 Å². The van der Waals surface area contributed by atoms with Crippen LogP contribution in [-0.4, -0.2) is 16.7 Å². The lowest BCUT2D eigenvalue weighted by Crippen LogP contribution is -2.79. The number of fused-ring (bicyclic) bond motifs is 2. The number of hydrogen-bond acceptors (Lipinski definition) is 2. The topological polar surface area (TPSA) is 40.6 Å². The van der Waals surface area contributed by atoms with Crippen LogP contribution in [0.4, 0.5) is 5.69 Å². The van der Waals surface area contributed by atoms with Gasteiger partial charge in [0.1, 0.15) is 0 Å². The molecule has 1 fully saturated rings. The van der Waals surface area contributed by atoms with Crippen molar-refractivity contribution in [3.63, 3.8) is 0 Å². The first-order valence-electron chi connectivity index (χ1n) is 13.6. The number of amides is 2. The van der Waals surface area contributed by atoms with Crippen LogP contribution in [0.1, 0.15) is 27.8 Å². The summed E-state index contributed by atoms with van der Waals surface area (Å²) in [6.45, 7) is 0.357. The van der Waals surface area contributed by atoms with Gasteiger partial charge in [-0.2, -0.15) is 0 Å². The zero-order valence-electron chi connectivity index (χ0n) is 22.0. The summed E-state index contributed by atoms with van der Waals surface area (Å²) in [6, 6.07) is 47.7. The lowest BCUT2D eigenvalue weighted by Gasteiger charge is -2.63. The van der Waals surface area contributed by atoms with Gasteiger partial charge in [0.25, 0.3) is 0 Å². The van der Waals surface area contributed by atoms with Crippen molar-refractivity contribution in [2.24, 2.45) is 0 Å². The van der Waals surface area contributed by atoms with E-state index in [9.17, 15) is 0 Å². The van der Waals surface area contributed by atoms with E-state index >= 15 is 9.59 Å². The number of rotatable bonds is 6. The fraction of sp³-hybridized carbons (Fsp3) is 0.111. The van der Waals surface area contributed by atoms with Crippen molar-refractivity contribution < 1.29 is 9.59 Å². The highest BCUT2D eigenvalue weighted by Gasteiger charge is 2.70. The number of carbonyl (C=O) groups excluding carboxylic acids is 2. The quantitative estimate of drug-likeness (QED) is 0.241. The zero-order chi connectivity index (χ0) is 27.2. The minimum Gasteiger partial charge on any atom is -0.306 e. The van der Waals surface area contributed by atoms with Gasteiger partial charge in [0.2, 0.25) is 11.8 Å². The summed E-state index contributed by atoms with van der Waals surface area (Å²) in [5.74, 6) is -0.362. The Balaban J connectivity index is 1.60. The van der Waals surface area contributed by atoms with E-state index in [0.29, 0.717) is 6.54 Å². The zero-order valence-corrected chi connectivity index (χ0v) is 22.0. The predicted molar refractivity (Wildman–Crippen MR) is 156 cm³/mol. The predicted octanol–water partition coefficient (Wildman–Crippen LogP) is 6.46. The number of carbonyl (C=O) groups is 2. The van der Waals surface area contributed by atoms with Crippen LogP contribution >= 0.6 is 0 Å². The number of anilines is 1. The molecule has 3 heterocycles. The highest BCUT2D eigenvalue weighted by atomic mass is 16.2. The molecule has 0 radical (unpaired) electrons. The molecule has 0 aromatic heterocycles. The van der Waals surface area contributed by atoms with Gasteiger partial charge in [-0.05, 0) is 35.2 Å². The fourth-order valence-corrected chi connectivity index (χ4v) is 6.68. The fourth-order valence-electron chi connectivity index (χ4n) is 6.68. The molecule has 40 heavy (non-hydrogen) atoms. The molecule has 2 atom stereocenters. The standard InChI is InChI=1S/C36H28N2O2/c39-33-35(25-27-15-5-1-6-16-27)31-23-13-14-24-32(31)36(29-19-9-3-10-20-29,37(33)26-28-17-7-2-8-18-28)38(34(35)40)30-21-11-4-12-22-30/h1-24H,25-26H2/t35-,36-/m0/s1. The van der Waals surface area contributed by atoms with Gasteiger partial charge in [-0.15, -0.1) is 0 Å². The first-order valence-corrected chi connectivity index (χ1v) is 13.6. The number of para-hydroxylation sites is 1. The first-order chi connectivity index (χ1) is 19.7. The van der Waals surface area contributed by atoms with Crippen LogP contribution < -0.4 is 4.90 Å². The molecule has 3 aliphatic rings. The van der Waals surface area contributed by atoms with E-state index in [4.69, 9.17) is 0 Å². The molecule has 4 nitrogen and oxygen atoms in total. The lowest BCUT2D eigenvalue weighted by molar-refractivity contribution is -0.160. The van der Waals surface area contributed by atoms with E-state index in [1.54, 1.807) is 0 Å². The molecule has 2 amide bonds. The normalized spacial score (nSPS) is 21.4. The van der Waals surface area contributed by atoms with Crippen LogP contribution in [-0.2, 0) is 33.6 Å². The van der Waals surface area contributed by atoms with E-state index in [1.165, 1.54) is 0 Å². The smallest absolute Gasteiger partial charge is 0.250 e. The van der Waals surface area contributed by atoms with Crippen LogP contribution in [0, 0.1) is 0 Å². The Morgan fingerprint density at radius 2 is 1.00 bits per heavy atom. The molecule has 2 bridgehead atoms. The lowest BCUT2D eigenvalue weighted by atomic mass is 9.60. The third-order valence-corrected chi connectivity index (χ3v) is 8.34. The molecule has 4 heteroatoms. The molecule has 0 spiro atoms. The SMILES string of the molecule is O=C1N(Cc2ccccc2)[C@]2(c3ccccc3)c3ccccc3[C@]1(Cc1ccccc1)C(=O)N2c1ccccc1. The van der Waals surface area contributed by atoms with E-state index in [2.05, 4.69) is 6.07 Å². The monoisotopic (exact) mass is 520 g/mol. The summed E-state index contributed by atoms with van der Waals surface area (Å²) in [5, 5.41) is 0. The largest absolute Gasteiger partial charge is 0.306 e. The Bertz CT molecular complexity index is 1690. The molecule has 194 valence electrons. The number of benzene rings is 5. The van der Waals surface area contributed by atoms with E-state index < -0.39 is 11.1 Å². The van der Waals surface area contributed by atoms with Gasteiger partial charge in [-0.1, -0.05) is 133 Å². The Morgan fingerprint density at radius 1 is 0.500 bits per heavy atom. The molecule has 5 aromatic carbocycles. The highest BCUT2D eigenvalue weighted by molar-refractivity contribution is 6.22. The average molecular weight is 521 g/mol. The Labute approximate surface area is 234 Å². The molecule has 0 unspecified atom stereocenters. The van der Waals surface area contributed by atoms with E-state index in [-0.39, 0.29) is 18.2 Å². The third kappa shape index (κ3) is 3.32. The highest BCUT2D eigenvalue weighted by Crippen LogP contribution is 2.58. The maximum absolute atomic E-state index is 15.1. The van der Waals surface area contributed by atoms with Crippen molar-refractivity contribution >= 4 is 17.5 Å². The third-order valence-electron chi connectivity index (χ3n) is 8.34. The minimum atomic E-state index is -1.40. The Hall–Kier alpha value is -4.96. The Kier molecular flexibility index (Phi) is 5.64. The number of nitrogens with zero attached hydrogens (tertiary/aromatic N) is 2. The maximum atomic E-state index is 15.1. The van der Waals surface area contributed by atoms with Crippen molar-refractivity contribution in [1.82, 2.24) is 4.90 Å². The molecule has 5 aromatic rings. The molecule has 8 rings (SSSR count). The van der Waals surface area contributed by atoms with E-state index in [1.807, 2.05) is 149 Å². The van der Waals surface area contributed by atoms with Crippen molar-refractivity contribution in [3.05, 3.63) is 173 Å². The molecule has 0 N–H and O–H groups in total. The summed E-state index contributed by atoms with van der Waals surface area (Å²) in [5.41, 5.74) is 2.75. The molecule has 1 saturated heterocycles. The van der Waals surface area contributed by atoms with Gasteiger partial charge in [-0.3, -0.25) is 14.5 Å². The van der Waals surface area contributed by atoms with Crippen molar-refractivity contribution in [2.45, 2.75) is 24.0 Å². The summed E-state index contributed by atoms with van der Waals surface area (Å²) < 4.78 is 0. The van der Waals surface area contributed by atoms with Crippen molar-refractivity contribution in [1.29, 1.82) is 0 Å². The maximum Gasteiger partial charge on any atom is 0.250 e. The van der Waals surface area contributed by atoms with Crippen LogP contribution in [0.3, 0.4) is 0 Å². The van der Waals surface area contributed by atoms with Crippen LogP contribution in [0.15, 0.2) is 146 Å². The second-order valence-corrected chi connectivity index (χ2v) is 10.5. The average Bonchev–Trinajstić information content (AvgIpc) is 3.02. The summed E-state index contributed by atoms with van der Waals surface area (Å²) in [4.78, 5) is 34.1. The van der Waals surface area contributed by atoms with Gasteiger partial charge in [0.05, 0.1) is 0 Å². The van der Waals surface area contributed by atoms with Crippen molar-refractivity contribution in [3.8, 4) is 0 Å². The summed E-state index contributed by atoms with van der Waals surface area (Å²) in [6.07, 6.45) is 0.280. The van der Waals surface area contributed by atoms with Gasteiger partial charge >= 0.3 is 0 Å². The summed E-state index contributed by atoms with van der Waals surface area (Å²) >= 11 is 0. The van der Waals surface area contributed by atoms with E-state index in [0.717, 1.165) is 33.5 Å². The van der Waals surface area contributed by atoms with Gasteiger partial charge in [0.15, 0.2) is 11.1 Å². The minimum absolute atomic E-state index is 0.167. The van der Waals surface area contributed by atoms with Gasteiger partial charge in [0, 0.05) is 23.4 Å². The second kappa shape index (κ2) is 9.35. The van der Waals surface area contributed by atoms with Gasteiger partial charge in [-0.25, -0.2) is 0 Å². The molecule has 0 aliphatic carbocycles.